The van der Waals surface area contributed by atoms with Gasteiger partial charge in [-0.3, -0.25) is 4.79 Å². The fourth-order valence-electron chi connectivity index (χ4n) is 2.58. The van der Waals surface area contributed by atoms with Crippen LogP contribution in [0, 0.1) is 12.3 Å². The first-order valence-corrected chi connectivity index (χ1v) is 9.58. The largest absolute Gasteiger partial charge is 0.381 e. The summed E-state index contributed by atoms with van der Waals surface area (Å²) in [6.07, 6.45) is 0.868. The van der Waals surface area contributed by atoms with Crippen LogP contribution >= 0.6 is 22.0 Å². The lowest BCUT2D eigenvalue weighted by molar-refractivity contribution is -0.0942. The maximum atomic E-state index is 12.2. The lowest BCUT2D eigenvalue weighted by atomic mass is 9.64. The Balaban J connectivity index is 2.13. The molecule has 2 atom stereocenters. The minimum Gasteiger partial charge on any atom is -0.381 e. The summed E-state index contributed by atoms with van der Waals surface area (Å²) in [5.41, 5.74) is -0.141. The normalized spacial score (nSPS) is 24.4. The molecule has 1 aliphatic carbocycles. The molecule has 1 aromatic rings. The molecule has 0 spiro atoms. The van der Waals surface area contributed by atoms with Crippen LogP contribution in [-0.2, 0) is 13.8 Å². The number of hydrogen-bond donors (Lipinski definition) is 1. The van der Waals surface area contributed by atoms with Crippen molar-refractivity contribution in [2.75, 3.05) is 7.11 Å². The summed E-state index contributed by atoms with van der Waals surface area (Å²) in [5.74, 6) is -0.276. The highest BCUT2D eigenvalue weighted by molar-refractivity contribution is 8.13. The molecule has 1 aliphatic rings. The summed E-state index contributed by atoms with van der Waals surface area (Å²) in [6, 6.07) is 1.34. The van der Waals surface area contributed by atoms with Gasteiger partial charge in [0.25, 0.3) is 15.0 Å². The first kappa shape index (κ1) is 16.7. The molecule has 1 saturated carbocycles. The van der Waals surface area contributed by atoms with Gasteiger partial charge in [0.15, 0.2) is 0 Å². The lowest BCUT2D eigenvalue weighted by Crippen LogP contribution is -2.61. The molecule has 1 N–H and O–H groups in total. The predicted octanol–water partition coefficient (Wildman–Crippen LogP) is 2.53. The Labute approximate surface area is 133 Å². The maximum Gasteiger partial charge on any atom is 0.262 e. The van der Waals surface area contributed by atoms with Crippen LogP contribution in [0.3, 0.4) is 0 Å². The molecule has 0 saturated heterocycles. The zero-order chi connectivity index (χ0) is 16.0. The van der Waals surface area contributed by atoms with Gasteiger partial charge in [-0.2, -0.15) is 0 Å². The van der Waals surface area contributed by atoms with Crippen molar-refractivity contribution >= 4 is 37.0 Å². The molecule has 8 heteroatoms. The molecular weight excluding hydrogens is 334 g/mol. The van der Waals surface area contributed by atoms with Crippen LogP contribution in [0.25, 0.3) is 0 Å². The second kappa shape index (κ2) is 5.53. The molecule has 118 valence electrons. The van der Waals surface area contributed by atoms with Crippen LogP contribution in [0.5, 0.6) is 0 Å². The van der Waals surface area contributed by atoms with Gasteiger partial charge in [0, 0.05) is 34.1 Å². The second-order valence-electron chi connectivity index (χ2n) is 5.78. The number of amides is 1. The summed E-state index contributed by atoms with van der Waals surface area (Å²) in [5, 5.41) is 2.93. The van der Waals surface area contributed by atoms with Gasteiger partial charge in [-0.05, 0) is 19.4 Å². The van der Waals surface area contributed by atoms with Crippen molar-refractivity contribution in [2.45, 2.75) is 44.2 Å². The fraction of sp³-hybridized carbons (Fsp3) is 0.615. The van der Waals surface area contributed by atoms with Gasteiger partial charge in [0.2, 0.25) is 0 Å². The van der Waals surface area contributed by atoms with E-state index in [1.807, 2.05) is 13.8 Å². The van der Waals surface area contributed by atoms with Crippen molar-refractivity contribution in [3.05, 3.63) is 15.8 Å². The topological polar surface area (TPSA) is 72.5 Å². The molecule has 1 fully saturated rings. The standard InChI is InChI=1S/C13H18ClNO4S2/c1-7-9(21(14,17)18)5-8(20-7)12(16)15-10-6-11(19-4)13(10,2)3/h5,10-11H,6H2,1-4H3,(H,15,16). The average molecular weight is 352 g/mol. The fourth-order valence-corrected chi connectivity index (χ4v) is 5.15. The molecule has 0 bridgehead atoms. The number of methoxy groups -OCH3 is 1. The predicted molar refractivity (Wildman–Crippen MR) is 82.5 cm³/mol. The van der Waals surface area contributed by atoms with E-state index >= 15 is 0 Å². The summed E-state index contributed by atoms with van der Waals surface area (Å²) in [4.78, 5) is 13.1. The molecule has 1 aromatic heterocycles. The highest BCUT2D eigenvalue weighted by Crippen LogP contribution is 2.42. The Morgan fingerprint density at radius 3 is 2.57 bits per heavy atom. The summed E-state index contributed by atoms with van der Waals surface area (Å²) in [7, 11) is 3.18. The lowest BCUT2D eigenvalue weighted by Gasteiger charge is -2.51. The molecule has 1 amide bonds. The van der Waals surface area contributed by atoms with E-state index in [0.717, 1.165) is 17.8 Å². The van der Waals surface area contributed by atoms with Crippen LogP contribution in [0.4, 0.5) is 0 Å². The van der Waals surface area contributed by atoms with E-state index < -0.39 is 9.05 Å². The van der Waals surface area contributed by atoms with Gasteiger partial charge in [-0.1, -0.05) is 13.8 Å². The molecule has 21 heavy (non-hydrogen) atoms. The zero-order valence-corrected chi connectivity index (χ0v) is 14.7. The number of thiophene rings is 1. The Kier molecular flexibility index (Phi) is 4.41. The Morgan fingerprint density at radius 1 is 1.52 bits per heavy atom. The van der Waals surface area contributed by atoms with E-state index in [0.29, 0.717) is 9.75 Å². The van der Waals surface area contributed by atoms with Gasteiger partial charge < -0.3 is 10.1 Å². The van der Waals surface area contributed by atoms with Crippen LogP contribution in [0.15, 0.2) is 11.0 Å². The second-order valence-corrected chi connectivity index (χ2v) is 9.57. The minimum absolute atomic E-state index is 0.00181. The maximum absolute atomic E-state index is 12.2. The van der Waals surface area contributed by atoms with Crippen molar-refractivity contribution in [3.63, 3.8) is 0 Å². The zero-order valence-electron chi connectivity index (χ0n) is 12.3. The monoisotopic (exact) mass is 351 g/mol. The van der Waals surface area contributed by atoms with Gasteiger partial charge in [0.05, 0.1) is 15.9 Å². The number of hydrogen-bond acceptors (Lipinski definition) is 5. The molecule has 1 heterocycles. The average Bonchev–Trinajstić information content (AvgIpc) is 2.75. The molecule has 2 rings (SSSR count). The van der Waals surface area contributed by atoms with Crippen LogP contribution in [0.2, 0.25) is 0 Å². The van der Waals surface area contributed by atoms with Gasteiger partial charge >= 0.3 is 0 Å². The van der Waals surface area contributed by atoms with E-state index in [1.54, 1.807) is 14.0 Å². The SMILES string of the molecule is COC1CC(NC(=O)c2cc(S(=O)(=O)Cl)c(C)s2)C1(C)C. The summed E-state index contributed by atoms with van der Waals surface area (Å²) in [6.45, 7) is 5.69. The van der Waals surface area contributed by atoms with E-state index in [9.17, 15) is 13.2 Å². The number of carbonyl (C=O) groups excluding carboxylic acids is 1. The number of ether oxygens (including phenoxy) is 1. The molecule has 0 aliphatic heterocycles. The van der Waals surface area contributed by atoms with Crippen LogP contribution in [0.1, 0.15) is 34.8 Å². The van der Waals surface area contributed by atoms with Crippen molar-refractivity contribution in [3.8, 4) is 0 Å². The van der Waals surface area contributed by atoms with Gasteiger partial charge in [-0.25, -0.2) is 8.42 Å². The third kappa shape index (κ3) is 3.11. The summed E-state index contributed by atoms with van der Waals surface area (Å²) < 4.78 is 28.1. The number of nitrogens with one attached hydrogen (secondary N) is 1. The molecule has 0 radical (unpaired) electrons. The Morgan fingerprint density at radius 2 is 2.14 bits per heavy atom. The molecular formula is C13H18ClNO4S2. The third-order valence-corrected chi connectivity index (χ3v) is 6.75. The van der Waals surface area contributed by atoms with E-state index in [1.165, 1.54) is 6.07 Å². The molecule has 2 unspecified atom stereocenters. The first-order valence-electron chi connectivity index (χ1n) is 6.46. The van der Waals surface area contributed by atoms with Gasteiger partial charge in [0.1, 0.15) is 0 Å². The van der Waals surface area contributed by atoms with Crippen molar-refractivity contribution in [1.82, 2.24) is 5.32 Å². The minimum atomic E-state index is -3.82. The van der Waals surface area contributed by atoms with Crippen LogP contribution in [-0.4, -0.2) is 33.6 Å². The molecule has 0 aromatic carbocycles. The highest BCUT2D eigenvalue weighted by atomic mass is 35.7. The number of rotatable bonds is 4. The molecule has 5 nitrogen and oxygen atoms in total. The number of halogens is 1. The smallest absolute Gasteiger partial charge is 0.262 e. The van der Waals surface area contributed by atoms with Crippen molar-refractivity contribution in [1.29, 1.82) is 0 Å². The number of carbonyl (C=O) groups is 1. The number of aryl methyl sites for hydroxylation is 1. The van der Waals surface area contributed by atoms with E-state index in [4.69, 9.17) is 15.4 Å². The first-order chi connectivity index (χ1) is 9.57. The van der Waals surface area contributed by atoms with E-state index in [-0.39, 0.29) is 28.4 Å². The van der Waals surface area contributed by atoms with Gasteiger partial charge in [-0.15, -0.1) is 11.3 Å². The van der Waals surface area contributed by atoms with Crippen molar-refractivity contribution < 1.29 is 17.9 Å². The Hall–Kier alpha value is -0.630. The third-order valence-electron chi connectivity index (χ3n) is 4.13. The quantitative estimate of drug-likeness (QED) is 0.846. The highest BCUT2D eigenvalue weighted by Gasteiger charge is 2.49. The Bertz CT molecular complexity index is 666. The van der Waals surface area contributed by atoms with E-state index in [2.05, 4.69) is 5.32 Å². The summed E-state index contributed by atoms with van der Waals surface area (Å²) >= 11 is 1.13. The van der Waals surface area contributed by atoms with Crippen LogP contribution < -0.4 is 5.32 Å². The van der Waals surface area contributed by atoms with Crippen molar-refractivity contribution in [2.24, 2.45) is 5.41 Å².